The van der Waals surface area contributed by atoms with Gasteiger partial charge in [0.15, 0.2) is 0 Å². The van der Waals surface area contributed by atoms with Crippen LogP contribution in [-0.2, 0) is 4.79 Å². The van der Waals surface area contributed by atoms with Crippen molar-refractivity contribution in [3.8, 4) is 0 Å². The first kappa shape index (κ1) is 20.8. The minimum atomic E-state index is -0.339. The summed E-state index contributed by atoms with van der Waals surface area (Å²) in [4.78, 5) is 27.7. The third kappa shape index (κ3) is 4.29. The highest BCUT2D eigenvalue weighted by atomic mass is 16.5. The summed E-state index contributed by atoms with van der Waals surface area (Å²) in [5.74, 6) is 1.24. The fraction of sp³-hybridized carbons (Fsp3) is 0.480. The summed E-state index contributed by atoms with van der Waals surface area (Å²) in [6, 6.07) is 9.16. The van der Waals surface area contributed by atoms with Gasteiger partial charge in [0.2, 0.25) is 11.7 Å². The molecular weight excluding hydrogens is 406 g/mol. The van der Waals surface area contributed by atoms with Crippen LogP contribution in [0.3, 0.4) is 0 Å². The van der Waals surface area contributed by atoms with Crippen molar-refractivity contribution < 1.29 is 18.5 Å². The van der Waals surface area contributed by atoms with Crippen molar-refractivity contribution >= 4 is 28.5 Å². The number of carbonyl (C=O) groups excluding carboxylic acids is 2. The van der Waals surface area contributed by atoms with Gasteiger partial charge in [0.25, 0.3) is 5.91 Å². The van der Waals surface area contributed by atoms with E-state index in [2.05, 4.69) is 10.5 Å². The standard InChI is InChI=1S/C25H29N3O4/c1-16-12-19-13-20(9-10-22(19)31-16)26-24(29)23-14-21(27-32-23)18-8-5-11-28(15-18)25(30)17-6-3-2-4-7-17/h9-10,12-14,17-18H,2-8,11,15H2,1H3,(H,26,29)/t18-/m1/s1. The molecule has 1 saturated heterocycles. The molecule has 0 spiro atoms. The molecule has 0 bridgehead atoms. The number of rotatable bonds is 4. The van der Waals surface area contributed by atoms with Crippen molar-refractivity contribution in [2.75, 3.05) is 18.4 Å². The number of nitrogens with one attached hydrogen (secondary N) is 1. The first-order valence-electron chi connectivity index (χ1n) is 11.6. The Balaban J connectivity index is 1.24. The van der Waals surface area contributed by atoms with E-state index in [-0.39, 0.29) is 23.5 Å². The van der Waals surface area contributed by atoms with Gasteiger partial charge in [0.1, 0.15) is 11.3 Å². The molecule has 2 amide bonds. The average molecular weight is 436 g/mol. The van der Waals surface area contributed by atoms with Gasteiger partial charge in [-0.15, -0.1) is 0 Å². The summed E-state index contributed by atoms with van der Waals surface area (Å²) in [5, 5.41) is 7.97. The molecule has 2 fully saturated rings. The number of fused-ring (bicyclic) bond motifs is 1. The fourth-order valence-electron chi connectivity index (χ4n) is 5.06. The zero-order valence-electron chi connectivity index (χ0n) is 18.4. The fourth-order valence-corrected chi connectivity index (χ4v) is 5.06. The maximum atomic E-state index is 13.0. The van der Waals surface area contributed by atoms with Crippen LogP contribution in [0.15, 0.2) is 39.3 Å². The molecule has 168 valence electrons. The third-order valence-electron chi connectivity index (χ3n) is 6.76. The summed E-state index contributed by atoms with van der Waals surface area (Å²) in [6.45, 7) is 3.36. The van der Waals surface area contributed by atoms with E-state index in [1.165, 1.54) is 6.42 Å². The molecule has 7 heteroatoms. The van der Waals surface area contributed by atoms with Gasteiger partial charge < -0.3 is 19.2 Å². The number of hydrogen-bond acceptors (Lipinski definition) is 5. The summed E-state index contributed by atoms with van der Waals surface area (Å²) < 4.78 is 10.9. The smallest absolute Gasteiger partial charge is 0.294 e. The van der Waals surface area contributed by atoms with Crippen molar-refractivity contribution in [1.82, 2.24) is 10.1 Å². The lowest BCUT2D eigenvalue weighted by Crippen LogP contribution is -2.42. The van der Waals surface area contributed by atoms with Gasteiger partial charge in [-0.25, -0.2) is 0 Å². The lowest BCUT2D eigenvalue weighted by atomic mass is 9.87. The topological polar surface area (TPSA) is 88.6 Å². The zero-order valence-corrected chi connectivity index (χ0v) is 18.4. The lowest BCUT2D eigenvalue weighted by Gasteiger charge is -2.35. The second-order valence-corrected chi connectivity index (χ2v) is 9.14. The normalized spacial score (nSPS) is 19.9. The molecule has 1 saturated carbocycles. The van der Waals surface area contributed by atoms with E-state index in [1.807, 2.05) is 30.0 Å². The lowest BCUT2D eigenvalue weighted by molar-refractivity contribution is -0.137. The first-order chi connectivity index (χ1) is 15.6. The second kappa shape index (κ2) is 8.81. The van der Waals surface area contributed by atoms with Gasteiger partial charge in [0.05, 0.1) is 5.69 Å². The van der Waals surface area contributed by atoms with Gasteiger partial charge >= 0.3 is 0 Å². The molecule has 32 heavy (non-hydrogen) atoms. The Kier molecular flexibility index (Phi) is 5.72. The molecule has 3 heterocycles. The van der Waals surface area contributed by atoms with Crippen LogP contribution < -0.4 is 5.32 Å². The van der Waals surface area contributed by atoms with E-state index in [1.54, 1.807) is 12.1 Å². The Labute approximate surface area is 187 Å². The highest BCUT2D eigenvalue weighted by Gasteiger charge is 2.31. The van der Waals surface area contributed by atoms with Crippen molar-refractivity contribution in [3.05, 3.63) is 47.5 Å². The molecule has 1 aliphatic carbocycles. The number of carbonyl (C=O) groups is 2. The minimum absolute atomic E-state index is 0.104. The van der Waals surface area contributed by atoms with Crippen LogP contribution in [0.5, 0.6) is 0 Å². The Hall–Kier alpha value is -3.09. The molecule has 1 N–H and O–H groups in total. The summed E-state index contributed by atoms with van der Waals surface area (Å²) in [7, 11) is 0. The van der Waals surface area contributed by atoms with E-state index in [9.17, 15) is 9.59 Å². The van der Waals surface area contributed by atoms with Crippen molar-refractivity contribution in [3.63, 3.8) is 0 Å². The SMILES string of the molecule is Cc1cc2cc(NC(=O)c3cc([C@@H]4CCCN(C(=O)C5CCCCC5)C4)no3)ccc2o1. The van der Waals surface area contributed by atoms with Crippen LogP contribution in [0.2, 0.25) is 0 Å². The zero-order chi connectivity index (χ0) is 22.1. The molecule has 2 aliphatic rings. The van der Waals surface area contributed by atoms with Crippen molar-refractivity contribution in [2.24, 2.45) is 5.92 Å². The molecule has 3 aromatic rings. The number of amides is 2. The number of hydrogen-bond donors (Lipinski definition) is 1. The number of piperidine rings is 1. The van der Waals surface area contributed by atoms with Gasteiger partial charge in [-0.3, -0.25) is 9.59 Å². The quantitative estimate of drug-likeness (QED) is 0.603. The van der Waals surface area contributed by atoms with E-state index in [4.69, 9.17) is 8.94 Å². The predicted octanol–water partition coefficient (Wildman–Crippen LogP) is 5.27. The van der Waals surface area contributed by atoms with Crippen LogP contribution in [-0.4, -0.2) is 35.0 Å². The van der Waals surface area contributed by atoms with E-state index >= 15 is 0 Å². The number of furan rings is 1. The molecule has 1 aromatic carbocycles. The van der Waals surface area contributed by atoms with E-state index in [0.29, 0.717) is 18.1 Å². The number of benzene rings is 1. The highest BCUT2D eigenvalue weighted by molar-refractivity contribution is 6.03. The molecule has 5 rings (SSSR count). The molecule has 0 unspecified atom stereocenters. The van der Waals surface area contributed by atoms with Crippen molar-refractivity contribution in [1.29, 1.82) is 0 Å². The van der Waals surface area contributed by atoms with Gasteiger partial charge in [0, 0.05) is 42.1 Å². The van der Waals surface area contributed by atoms with Crippen LogP contribution in [0.1, 0.15) is 72.9 Å². The summed E-state index contributed by atoms with van der Waals surface area (Å²) in [6.07, 6.45) is 7.47. The molecule has 2 aromatic heterocycles. The van der Waals surface area contributed by atoms with Gasteiger partial charge in [-0.05, 0) is 56.9 Å². The average Bonchev–Trinajstić information content (AvgIpc) is 3.45. The third-order valence-corrected chi connectivity index (χ3v) is 6.76. The Morgan fingerprint density at radius 1 is 1.06 bits per heavy atom. The maximum Gasteiger partial charge on any atom is 0.294 e. The van der Waals surface area contributed by atoms with Crippen LogP contribution >= 0.6 is 0 Å². The molecular formula is C25H29N3O4. The molecule has 0 radical (unpaired) electrons. The number of likely N-dealkylation sites (tertiary alicyclic amines) is 1. The number of aryl methyl sites for hydroxylation is 1. The monoisotopic (exact) mass is 435 g/mol. The highest BCUT2D eigenvalue weighted by Crippen LogP contribution is 2.31. The summed E-state index contributed by atoms with van der Waals surface area (Å²) in [5.41, 5.74) is 2.20. The largest absolute Gasteiger partial charge is 0.461 e. The van der Waals surface area contributed by atoms with E-state index < -0.39 is 0 Å². The van der Waals surface area contributed by atoms with Crippen LogP contribution in [0.25, 0.3) is 11.0 Å². The van der Waals surface area contributed by atoms with Crippen molar-refractivity contribution in [2.45, 2.75) is 57.8 Å². The van der Waals surface area contributed by atoms with Crippen LogP contribution in [0, 0.1) is 12.8 Å². The molecule has 1 atom stereocenters. The summed E-state index contributed by atoms with van der Waals surface area (Å²) >= 11 is 0. The van der Waals surface area contributed by atoms with Gasteiger partial charge in [-0.1, -0.05) is 24.4 Å². The maximum absolute atomic E-state index is 13.0. The minimum Gasteiger partial charge on any atom is -0.461 e. The Morgan fingerprint density at radius 2 is 1.91 bits per heavy atom. The Morgan fingerprint density at radius 3 is 2.75 bits per heavy atom. The first-order valence-corrected chi connectivity index (χ1v) is 11.6. The second-order valence-electron chi connectivity index (χ2n) is 9.14. The number of aromatic nitrogens is 1. The number of nitrogens with zero attached hydrogens (tertiary/aromatic N) is 2. The van der Waals surface area contributed by atoms with E-state index in [0.717, 1.165) is 67.5 Å². The molecule has 1 aliphatic heterocycles. The van der Waals surface area contributed by atoms with Gasteiger partial charge in [-0.2, -0.15) is 0 Å². The predicted molar refractivity (Wildman–Crippen MR) is 121 cm³/mol. The number of anilines is 1. The Bertz CT molecular complexity index is 1130. The van der Waals surface area contributed by atoms with Crippen LogP contribution in [0.4, 0.5) is 5.69 Å². The molecule has 7 nitrogen and oxygen atoms in total.